The molecule has 2 aliphatic heterocycles. The Morgan fingerprint density at radius 1 is 1.22 bits per heavy atom. The molecule has 2 N–H and O–H groups in total. The number of rotatable bonds is 3. The van der Waals surface area contributed by atoms with Gasteiger partial charge in [0.25, 0.3) is 0 Å². The maximum absolute atomic E-state index is 12.3. The third kappa shape index (κ3) is 3.99. The van der Waals surface area contributed by atoms with Crippen LogP contribution in [0.4, 0.5) is 5.69 Å². The van der Waals surface area contributed by atoms with Gasteiger partial charge in [-0.1, -0.05) is 35.3 Å². The second-order valence-corrected chi connectivity index (χ2v) is 8.31. The van der Waals surface area contributed by atoms with Crippen LogP contribution >= 0.6 is 23.2 Å². The molecule has 2 aliphatic rings. The van der Waals surface area contributed by atoms with Crippen molar-refractivity contribution in [1.82, 2.24) is 10.2 Å². The molecule has 4 rings (SSSR count). The Morgan fingerprint density at radius 2 is 2.00 bits per heavy atom. The van der Waals surface area contributed by atoms with E-state index in [4.69, 9.17) is 23.2 Å². The minimum absolute atomic E-state index is 0.0431. The lowest BCUT2D eigenvalue weighted by Gasteiger charge is -2.33. The zero-order chi connectivity index (χ0) is 19.0. The Bertz CT molecular complexity index is 847. The van der Waals surface area contributed by atoms with Crippen molar-refractivity contribution < 1.29 is 4.79 Å². The molecular weight excluding hydrogens is 381 g/mol. The Morgan fingerprint density at radius 3 is 2.70 bits per heavy atom. The number of fused-ring (bicyclic) bond motifs is 1. The van der Waals surface area contributed by atoms with Crippen molar-refractivity contribution in [2.45, 2.75) is 31.3 Å². The summed E-state index contributed by atoms with van der Waals surface area (Å²) in [5.41, 5.74) is 4.35. The van der Waals surface area contributed by atoms with E-state index in [1.807, 2.05) is 24.3 Å². The van der Waals surface area contributed by atoms with Gasteiger partial charge in [0.1, 0.15) is 0 Å². The first-order valence-electron chi connectivity index (χ1n) is 9.32. The predicted molar refractivity (Wildman–Crippen MR) is 111 cm³/mol. The van der Waals surface area contributed by atoms with Gasteiger partial charge in [0.15, 0.2) is 0 Å². The summed E-state index contributed by atoms with van der Waals surface area (Å²) in [5.74, 6) is 0.248. The van der Waals surface area contributed by atoms with Crippen LogP contribution in [0.15, 0.2) is 36.4 Å². The summed E-state index contributed by atoms with van der Waals surface area (Å²) in [6.07, 6.45) is 1.95. The molecular formula is C21H23Cl2N3O. The van der Waals surface area contributed by atoms with Gasteiger partial charge in [-0.3, -0.25) is 4.79 Å². The van der Waals surface area contributed by atoms with E-state index in [-0.39, 0.29) is 17.9 Å². The van der Waals surface area contributed by atoms with Crippen molar-refractivity contribution >= 4 is 34.8 Å². The predicted octanol–water partition coefficient (Wildman–Crippen LogP) is 4.26. The SMILES string of the molecule is CN1Cc2c(Cl)cc(Cl)cc2C(c2ccc(NC(=O)[C@@H]3CCCN3)cc2)C1. The van der Waals surface area contributed by atoms with Crippen molar-refractivity contribution in [1.29, 1.82) is 0 Å². The van der Waals surface area contributed by atoms with Gasteiger partial charge in [0.2, 0.25) is 5.91 Å². The molecule has 4 nitrogen and oxygen atoms in total. The first-order chi connectivity index (χ1) is 13.0. The highest BCUT2D eigenvalue weighted by Gasteiger charge is 2.27. The van der Waals surface area contributed by atoms with Crippen LogP contribution in [0.25, 0.3) is 0 Å². The second kappa shape index (κ2) is 7.80. The number of nitrogens with one attached hydrogen (secondary N) is 2. The molecule has 0 aromatic heterocycles. The lowest BCUT2D eigenvalue weighted by Crippen LogP contribution is -2.35. The molecule has 0 saturated carbocycles. The number of anilines is 1. The van der Waals surface area contributed by atoms with E-state index in [9.17, 15) is 4.79 Å². The molecule has 2 atom stereocenters. The average Bonchev–Trinajstić information content (AvgIpc) is 3.17. The van der Waals surface area contributed by atoms with E-state index in [0.29, 0.717) is 5.02 Å². The number of hydrogen-bond acceptors (Lipinski definition) is 3. The molecule has 2 aromatic rings. The zero-order valence-electron chi connectivity index (χ0n) is 15.3. The van der Waals surface area contributed by atoms with Gasteiger partial charge in [0.05, 0.1) is 6.04 Å². The minimum Gasteiger partial charge on any atom is -0.325 e. The number of nitrogens with zero attached hydrogens (tertiary/aromatic N) is 1. The van der Waals surface area contributed by atoms with Crippen LogP contribution in [-0.4, -0.2) is 37.0 Å². The van der Waals surface area contributed by atoms with Crippen LogP contribution in [0.2, 0.25) is 10.0 Å². The molecule has 2 aromatic carbocycles. The Balaban J connectivity index is 1.56. The van der Waals surface area contributed by atoms with E-state index in [2.05, 4.69) is 34.7 Å². The molecule has 0 radical (unpaired) electrons. The fraction of sp³-hybridized carbons (Fsp3) is 0.381. The van der Waals surface area contributed by atoms with Crippen LogP contribution in [0.1, 0.15) is 35.4 Å². The fourth-order valence-electron chi connectivity index (χ4n) is 4.07. The van der Waals surface area contributed by atoms with E-state index in [1.54, 1.807) is 0 Å². The quantitative estimate of drug-likeness (QED) is 0.804. The van der Waals surface area contributed by atoms with Crippen LogP contribution in [-0.2, 0) is 11.3 Å². The summed E-state index contributed by atoms with van der Waals surface area (Å²) in [7, 11) is 2.10. The van der Waals surface area contributed by atoms with Gasteiger partial charge in [-0.2, -0.15) is 0 Å². The fourth-order valence-corrected chi connectivity index (χ4v) is 4.64. The van der Waals surface area contributed by atoms with Crippen molar-refractivity contribution in [3.63, 3.8) is 0 Å². The van der Waals surface area contributed by atoms with Gasteiger partial charge >= 0.3 is 0 Å². The van der Waals surface area contributed by atoms with Crippen molar-refractivity contribution in [2.24, 2.45) is 0 Å². The molecule has 0 spiro atoms. The first-order valence-corrected chi connectivity index (χ1v) is 10.1. The summed E-state index contributed by atoms with van der Waals surface area (Å²) in [6, 6.07) is 11.9. The Kier molecular flexibility index (Phi) is 5.42. The molecule has 0 bridgehead atoms. The maximum Gasteiger partial charge on any atom is 0.241 e. The van der Waals surface area contributed by atoms with Crippen LogP contribution < -0.4 is 10.6 Å². The van der Waals surface area contributed by atoms with Crippen molar-refractivity contribution in [3.8, 4) is 0 Å². The normalized spacial score (nSPS) is 22.5. The molecule has 1 saturated heterocycles. The second-order valence-electron chi connectivity index (χ2n) is 7.46. The molecule has 6 heteroatoms. The molecule has 142 valence electrons. The monoisotopic (exact) mass is 403 g/mol. The topological polar surface area (TPSA) is 44.4 Å². The third-order valence-corrected chi connectivity index (χ3v) is 6.01. The number of hydrogen-bond donors (Lipinski definition) is 2. The standard InChI is InChI=1S/C21H23Cl2N3O/c1-26-11-17(16-9-14(22)10-19(23)18(16)12-26)13-4-6-15(7-5-13)25-21(27)20-3-2-8-24-20/h4-7,9-10,17,20,24H,2-3,8,11-12H2,1H3,(H,25,27)/t17?,20-/m0/s1. The summed E-state index contributed by atoms with van der Waals surface area (Å²) in [5, 5.41) is 7.62. The summed E-state index contributed by atoms with van der Waals surface area (Å²) in [6.45, 7) is 2.64. The lowest BCUT2D eigenvalue weighted by molar-refractivity contribution is -0.117. The minimum atomic E-state index is -0.0761. The molecule has 0 aliphatic carbocycles. The number of benzene rings is 2. The highest BCUT2D eigenvalue weighted by Crippen LogP contribution is 2.38. The van der Waals surface area contributed by atoms with Gasteiger partial charge in [-0.25, -0.2) is 0 Å². The van der Waals surface area contributed by atoms with Gasteiger partial charge in [-0.05, 0) is 67.4 Å². The summed E-state index contributed by atoms with van der Waals surface area (Å²) >= 11 is 12.7. The van der Waals surface area contributed by atoms with E-state index in [0.717, 1.165) is 48.7 Å². The highest BCUT2D eigenvalue weighted by molar-refractivity contribution is 6.35. The van der Waals surface area contributed by atoms with Crippen molar-refractivity contribution in [3.05, 3.63) is 63.1 Å². The maximum atomic E-state index is 12.3. The molecule has 1 fully saturated rings. The zero-order valence-corrected chi connectivity index (χ0v) is 16.8. The molecule has 2 heterocycles. The van der Waals surface area contributed by atoms with Gasteiger partial charge in [-0.15, -0.1) is 0 Å². The van der Waals surface area contributed by atoms with Crippen molar-refractivity contribution in [2.75, 3.05) is 25.5 Å². The number of halogens is 2. The van der Waals surface area contributed by atoms with E-state index in [1.165, 1.54) is 11.1 Å². The average molecular weight is 404 g/mol. The van der Waals surface area contributed by atoms with Gasteiger partial charge in [0, 0.05) is 34.7 Å². The number of amides is 1. The third-order valence-electron chi connectivity index (χ3n) is 5.45. The Hall–Kier alpha value is -1.59. The summed E-state index contributed by atoms with van der Waals surface area (Å²) in [4.78, 5) is 14.5. The van der Waals surface area contributed by atoms with Crippen LogP contribution in [0.3, 0.4) is 0 Å². The molecule has 27 heavy (non-hydrogen) atoms. The van der Waals surface area contributed by atoms with E-state index < -0.39 is 0 Å². The van der Waals surface area contributed by atoms with Gasteiger partial charge < -0.3 is 15.5 Å². The number of likely N-dealkylation sites (N-methyl/N-ethyl adjacent to an activating group) is 1. The number of carbonyl (C=O) groups is 1. The smallest absolute Gasteiger partial charge is 0.241 e. The molecule has 1 amide bonds. The first kappa shape index (κ1) is 18.8. The van der Waals surface area contributed by atoms with Crippen LogP contribution in [0.5, 0.6) is 0 Å². The van der Waals surface area contributed by atoms with Crippen LogP contribution in [0, 0.1) is 0 Å². The lowest BCUT2D eigenvalue weighted by atomic mass is 9.84. The number of carbonyl (C=O) groups excluding carboxylic acids is 1. The Labute approximate surface area is 169 Å². The highest BCUT2D eigenvalue weighted by atomic mass is 35.5. The summed E-state index contributed by atoms with van der Waals surface area (Å²) < 4.78 is 0. The molecule has 1 unspecified atom stereocenters. The van der Waals surface area contributed by atoms with E-state index >= 15 is 0 Å². The largest absolute Gasteiger partial charge is 0.325 e.